The summed E-state index contributed by atoms with van der Waals surface area (Å²) < 4.78 is 11.7. The highest BCUT2D eigenvalue weighted by Gasteiger charge is 2.39. The first kappa shape index (κ1) is 31.9. The number of nitrogens with one attached hydrogen (secondary N) is 1. The largest absolute Gasteiger partial charge is 0.462 e. The Morgan fingerprint density at radius 3 is 1.57 bits per heavy atom. The number of hydrogen-bond donors (Lipinski definition) is 1. The molecule has 1 aliphatic heterocycles. The van der Waals surface area contributed by atoms with Gasteiger partial charge in [-0.25, -0.2) is 0 Å². The van der Waals surface area contributed by atoms with Crippen LogP contribution in [-0.4, -0.2) is 35.2 Å². The fourth-order valence-corrected chi connectivity index (χ4v) is 5.57. The SMILES string of the molecule is CC(C)(C)CC(CC(C)(C)C)OC(=O)CCCCCCCCC(=O)OC1CC(C)(C)NC(C)(C)C1. The lowest BCUT2D eigenvalue weighted by molar-refractivity contribution is -0.154. The molecule has 0 atom stereocenters. The molecule has 0 radical (unpaired) electrons. The molecule has 1 saturated heterocycles. The number of rotatable bonds is 13. The van der Waals surface area contributed by atoms with E-state index in [1.807, 2.05) is 0 Å². The maximum atomic E-state index is 12.4. The molecule has 1 rings (SSSR count). The van der Waals surface area contributed by atoms with Crippen LogP contribution in [0.5, 0.6) is 0 Å². The van der Waals surface area contributed by atoms with Gasteiger partial charge in [0.2, 0.25) is 0 Å². The summed E-state index contributed by atoms with van der Waals surface area (Å²) in [5.74, 6) is -0.123. The van der Waals surface area contributed by atoms with Gasteiger partial charge >= 0.3 is 11.9 Å². The molecule has 0 bridgehead atoms. The van der Waals surface area contributed by atoms with Crippen LogP contribution in [0.3, 0.4) is 0 Å². The molecule has 1 aliphatic rings. The van der Waals surface area contributed by atoms with E-state index < -0.39 is 0 Å². The smallest absolute Gasteiger partial charge is 0.306 e. The van der Waals surface area contributed by atoms with Gasteiger partial charge in [0.1, 0.15) is 12.2 Å². The number of hydrogen-bond acceptors (Lipinski definition) is 5. The molecule has 0 aliphatic carbocycles. The predicted octanol–water partition coefficient (Wildman–Crippen LogP) is 7.74. The second kappa shape index (κ2) is 13.4. The van der Waals surface area contributed by atoms with Crippen molar-refractivity contribution < 1.29 is 19.1 Å². The van der Waals surface area contributed by atoms with Gasteiger partial charge in [0, 0.05) is 36.8 Å². The summed E-state index contributed by atoms with van der Waals surface area (Å²) in [6, 6.07) is 0. The van der Waals surface area contributed by atoms with Gasteiger partial charge < -0.3 is 14.8 Å². The second-order valence-electron chi connectivity index (χ2n) is 14.7. The minimum Gasteiger partial charge on any atom is -0.462 e. The van der Waals surface area contributed by atoms with Crippen LogP contribution in [0.4, 0.5) is 0 Å². The summed E-state index contributed by atoms with van der Waals surface area (Å²) in [6.45, 7) is 21.9. The van der Waals surface area contributed by atoms with Gasteiger partial charge in [0.15, 0.2) is 0 Å². The zero-order valence-electron chi connectivity index (χ0n) is 24.8. The molecule has 1 N–H and O–H groups in total. The lowest BCUT2D eigenvalue weighted by atomic mass is 9.81. The number of carbonyl (C=O) groups is 2. The number of piperidine rings is 1. The van der Waals surface area contributed by atoms with Gasteiger partial charge in [0.25, 0.3) is 0 Å². The molecule has 0 aromatic heterocycles. The molecule has 0 aromatic carbocycles. The van der Waals surface area contributed by atoms with Crippen LogP contribution < -0.4 is 5.32 Å². The lowest BCUT2D eigenvalue weighted by Crippen LogP contribution is -2.59. The van der Waals surface area contributed by atoms with Crippen molar-refractivity contribution >= 4 is 11.9 Å². The molecule has 1 heterocycles. The minimum absolute atomic E-state index is 0.0000925. The Hall–Kier alpha value is -1.10. The molecule has 5 heteroatoms. The van der Waals surface area contributed by atoms with E-state index in [2.05, 4.69) is 74.6 Å². The van der Waals surface area contributed by atoms with E-state index in [1.54, 1.807) is 0 Å². The van der Waals surface area contributed by atoms with Crippen LogP contribution in [0.25, 0.3) is 0 Å². The zero-order chi connectivity index (χ0) is 26.9. The normalized spacial score (nSPS) is 18.5. The number of ether oxygens (including phenoxy) is 2. The predicted molar refractivity (Wildman–Crippen MR) is 145 cm³/mol. The Balaban J connectivity index is 2.17. The van der Waals surface area contributed by atoms with E-state index in [0.29, 0.717) is 12.8 Å². The third kappa shape index (κ3) is 16.3. The van der Waals surface area contributed by atoms with Crippen LogP contribution in [-0.2, 0) is 19.1 Å². The highest BCUT2D eigenvalue weighted by molar-refractivity contribution is 5.69. The first-order valence-corrected chi connectivity index (χ1v) is 14.0. The van der Waals surface area contributed by atoms with E-state index in [4.69, 9.17) is 9.47 Å². The topological polar surface area (TPSA) is 64.6 Å². The van der Waals surface area contributed by atoms with Gasteiger partial charge in [-0.1, -0.05) is 67.2 Å². The van der Waals surface area contributed by atoms with Crippen LogP contribution in [0, 0.1) is 10.8 Å². The van der Waals surface area contributed by atoms with Crippen molar-refractivity contribution in [2.75, 3.05) is 0 Å². The molecule has 0 spiro atoms. The van der Waals surface area contributed by atoms with Crippen LogP contribution in [0.15, 0.2) is 0 Å². The molecule has 35 heavy (non-hydrogen) atoms. The van der Waals surface area contributed by atoms with Crippen LogP contribution in [0.1, 0.15) is 146 Å². The molecule has 1 fully saturated rings. The van der Waals surface area contributed by atoms with E-state index >= 15 is 0 Å². The Morgan fingerprint density at radius 2 is 1.14 bits per heavy atom. The van der Waals surface area contributed by atoms with Crippen molar-refractivity contribution in [3.05, 3.63) is 0 Å². The molecule has 0 aromatic rings. The van der Waals surface area contributed by atoms with Crippen molar-refractivity contribution in [2.45, 2.75) is 170 Å². The van der Waals surface area contributed by atoms with Gasteiger partial charge in [0.05, 0.1) is 0 Å². The third-order valence-electron chi connectivity index (χ3n) is 6.44. The Labute approximate surface area is 216 Å². The molecule has 0 unspecified atom stereocenters. The molecule has 5 nitrogen and oxygen atoms in total. The Kier molecular flexibility index (Phi) is 12.3. The van der Waals surface area contributed by atoms with E-state index in [1.165, 1.54) is 0 Å². The average Bonchev–Trinajstić information content (AvgIpc) is 2.58. The summed E-state index contributed by atoms with van der Waals surface area (Å²) in [5, 5.41) is 3.63. The Morgan fingerprint density at radius 1 is 0.743 bits per heavy atom. The quantitative estimate of drug-likeness (QED) is 0.209. The van der Waals surface area contributed by atoms with Crippen molar-refractivity contribution in [3.8, 4) is 0 Å². The zero-order valence-corrected chi connectivity index (χ0v) is 24.8. The number of carbonyl (C=O) groups excluding carboxylic acids is 2. The van der Waals surface area contributed by atoms with Crippen molar-refractivity contribution in [2.24, 2.45) is 10.8 Å². The fraction of sp³-hybridized carbons (Fsp3) is 0.933. The second-order valence-corrected chi connectivity index (χ2v) is 14.7. The van der Waals surface area contributed by atoms with Gasteiger partial charge in [-0.3, -0.25) is 9.59 Å². The highest BCUT2D eigenvalue weighted by Crippen LogP contribution is 2.32. The number of unbranched alkanes of at least 4 members (excludes halogenated alkanes) is 5. The maximum Gasteiger partial charge on any atom is 0.306 e. The summed E-state index contributed by atoms with van der Waals surface area (Å²) in [7, 11) is 0. The minimum atomic E-state index is -0.0636. The summed E-state index contributed by atoms with van der Waals surface area (Å²) in [4.78, 5) is 24.7. The first-order chi connectivity index (χ1) is 15.9. The number of esters is 2. The van der Waals surface area contributed by atoms with E-state index in [-0.39, 0.29) is 46.1 Å². The maximum absolute atomic E-state index is 12.4. The fourth-order valence-electron chi connectivity index (χ4n) is 5.57. The summed E-state index contributed by atoms with van der Waals surface area (Å²) >= 11 is 0. The molecule has 0 saturated carbocycles. The molecular formula is C30H57NO4. The lowest BCUT2D eigenvalue weighted by Gasteiger charge is -2.45. The molecule has 206 valence electrons. The monoisotopic (exact) mass is 495 g/mol. The summed E-state index contributed by atoms with van der Waals surface area (Å²) in [5.41, 5.74) is 0.255. The van der Waals surface area contributed by atoms with Crippen molar-refractivity contribution in [3.63, 3.8) is 0 Å². The summed E-state index contributed by atoms with van der Waals surface area (Å²) in [6.07, 6.45) is 10.5. The van der Waals surface area contributed by atoms with Gasteiger partial charge in [-0.05, 0) is 64.2 Å². The van der Waals surface area contributed by atoms with E-state index in [0.717, 1.165) is 64.2 Å². The highest BCUT2D eigenvalue weighted by atomic mass is 16.5. The van der Waals surface area contributed by atoms with Crippen molar-refractivity contribution in [1.29, 1.82) is 0 Å². The van der Waals surface area contributed by atoms with Gasteiger partial charge in [-0.15, -0.1) is 0 Å². The van der Waals surface area contributed by atoms with E-state index in [9.17, 15) is 9.59 Å². The third-order valence-corrected chi connectivity index (χ3v) is 6.44. The van der Waals surface area contributed by atoms with Gasteiger partial charge in [-0.2, -0.15) is 0 Å². The first-order valence-electron chi connectivity index (χ1n) is 14.0. The van der Waals surface area contributed by atoms with Crippen LogP contribution in [0.2, 0.25) is 0 Å². The molecular weight excluding hydrogens is 438 g/mol. The Bertz CT molecular complexity index is 622. The van der Waals surface area contributed by atoms with Crippen LogP contribution >= 0.6 is 0 Å². The average molecular weight is 496 g/mol. The standard InChI is InChI=1S/C30H57NO4/c1-27(2,3)19-23(20-28(4,5)6)34-25(32)17-15-13-11-12-14-16-18-26(33)35-24-21-29(7,8)31-30(9,10)22-24/h23-24,31H,11-22H2,1-10H3. The molecule has 0 amide bonds. The van der Waals surface area contributed by atoms with Crippen molar-refractivity contribution in [1.82, 2.24) is 5.32 Å².